The molecule has 0 radical (unpaired) electrons. The van der Waals surface area contributed by atoms with Gasteiger partial charge in [0.25, 0.3) is 0 Å². The zero-order valence-electron chi connectivity index (χ0n) is 11.2. The maximum atomic E-state index is 11.8. The van der Waals surface area contributed by atoms with E-state index in [2.05, 4.69) is 16.8 Å². The zero-order valence-corrected chi connectivity index (χ0v) is 12.8. The number of carbonyl (C=O) groups is 1. The minimum absolute atomic E-state index is 0.0359. The summed E-state index contributed by atoms with van der Waals surface area (Å²) < 4.78 is 0. The third-order valence-corrected chi connectivity index (χ3v) is 4.44. The molecule has 0 aliphatic carbocycles. The smallest absolute Gasteiger partial charge is 0.244 e. The van der Waals surface area contributed by atoms with Gasteiger partial charge >= 0.3 is 0 Å². The summed E-state index contributed by atoms with van der Waals surface area (Å²) in [5.74, 6) is -0.0910. The molecule has 2 aromatic heterocycles. The first-order valence-electron chi connectivity index (χ1n) is 6.35. The number of rotatable bonds is 6. The lowest BCUT2D eigenvalue weighted by atomic mass is 10.1. The summed E-state index contributed by atoms with van der Waals surface area (Å²) in [7, 11) is 0. The van der Waals surface area contributed by atoms with Crippen LogP contribution in [0, 0.1) is 0 Å². The molecule has 0 fully saturated rings. The summed E-state index contributed by atoms with van der Waals surface area (Å²) in [5, 5.41) is 17.9. The third-order valence-electron chi connectivity index (χ3n) is 2.77. The highest BCUT2D eigenvalue weighted by molar-refractivity contribution is 7.11. The van der Waals surface area contributed by atoms with Crippen molar-refractivity contribution in [1.82, 2.24) is 5.32 Å². The van der Waals surface area contributed by atoms with Gasteiger partial charge < -0.3 is 10.4 Å². The Morgan fingerprint density at radius 3 is 2.95 bits per heavy atom. The first kappa shape index (κ1) is 15.0. The van der Waals surface area contributed by atoms with Crippen LogP contribution < -0.4 is 5.32 Å². The highest BCUT2D eigenvalue weighted by atomic mass is 32.1. The normalized spacial score (nSPS) is 12.7. The number of aliphatic hydroxyl groups excluding tert-OH is 1. The number of thiophene rings is 2. The van der Waals surface area contributed by atoms with Crippen molar-refractivity contribution in [2.45, 2.75) is 26.0 Å². The van der Waals surface area contributed by atoms with Gasteiger partial charge in [0.15, 0.2) is 0 Å². The third kappa shape index (κ3) is 4.59. The first-order valence-corrected chi connectivity index (χ1v) is 8.17. The number of carbonyl (C=O) groups excluding carboxylic acids is 1. The molecule has 2 aromatic rings. The van der Waals surface area contributed by atoms with Crippen molar-refractivity contribution < 1.29 is 9.90 Å². The Morgan fingerprint density at radius 2 is 2.30 bits per heavy atom. The number of hydrogen-bond acceptors (Lipinski definition) is 4. The van der Waals surface area contributed by atoms with Gasteiger partial charge in [-0.15, -0.1) is 11.3 Å². The largest absolute Gasteiger partial charge is 0.392 e. The van der Waals surface area contributed by atoms with Gasteiger partial charge in [0.2, 0.25) is 5.91 Å². The highest BCUT2D eigenvalue weighted by Crippen LogP contribution is 2.16. The van der Waals surface area contributed by atoms with E-state index in [1.165, 1.54) is 23.0 Å². The van der Waals surface area contributed by atoms with Crippen molar-refractivity contribution >= 4 is 34.7 Å². The van der Waals surface area contributed by atoms with E-state index in [1.807, 2.05) is 23.8 Å². The van der Waals surface area contributed by atoms with Crippen molar-refractivity contribution in [3.8, 4) is 0 Å². The Labute approximate surface area is 126 Å². The fourth-order valence-corrected chi connectivity index (χ4v) is 3.30. The molecule has 1 amide bonds. The Hall–Kier alpha value is -1.43. The molecule has 5 heteroatoms. The average Bonchev–Trinajstić information content (AvgIpc) is 3.07. The molecule has 0 bridgehead atoms. The van der Waals surface area contributed by atoms with E-state index in [4.69, 9.17) is 5.11 Å². The lowest BCUT2D eigenvalue weighted by Crippen LogP contribution is -2.32. The molecule has 0 aliphatic rings. The lowest BCUT2D eigenvalue weighted by Gasteiger charge is -2.11. The van der Waals surface area contributed by atoms with Gasteiger partial charge in [-0.2, -0.15) is 11.3 Å². The molecular weight excluding hydrogens is 290 g/mol. The Kier molecular flexibility index (Phi) is 5.52. The summed E-state index contributed by atoms with van der Waals surface area (Å²) in [6.07, 6.45) is 4.16. The summed E-state index contributed by atoms with van der Waals surface area (Å²) in [5.41, 5.74) is 2.12. The molecule has 0 saturated carbocycles. The Balaban J connectivity index is 1.82. The van der Waals surface area contributed by atoms with Gasteiger partial charge in [0.1, 0.15) is 0 Å². The topological polar surface area (TPSA) is 49.3 Å². The molecule has 1 atom stereocenters. The standard InChI is InChI=1S/C15H17NO2S2/c1-11(6-12-4-5-19-9-12)16-15(18)3-2-14-7-13(8-17)10-20-14/h2-5,7,9-11,17H,6,8H2,1H3,(H,16,18)/b3-2+. The number of nitrogens with one attached hydrogen (secondary N) is 1. The van der Waals surface area contributed by atoms with E-state index in [0.717, 1.165) is 16.9 Å². The maximum absolute atomic E-state index is 11.8. The van der Waals surface area contributed by atoms with E-state index in [0.29, 0.717) is 0 Å². The van der Waals surface area contributed by atoms with Crippen LogP contribution in [0.15, 0.2) is 34.3 Å². The minimum Gasteiger partial charge on any atom is -0.392 e. The molecule has 3 nitrogen and oxygen atoms in total. The predicted molar refractivity (Wildman–Crippen MR) is 84.9 cm³/mol. The fraction of sp³-hybridized carbons (Fsp3) is 0.267. The van der Waals surface area contributed by atoms with Gasteiger partial charge in [-0.25, -0.2) is 0 Å². The number of hydrogen-bond donors (Lipinski definition) is 2. The van der Waals surface area contributed by atoms with Crippen LogP contribution in [0.3, 0.4) is 0 Å². The van der Waals surface area contributed by atoms with Crippen molar-refractivity contribution in [3.05, 3.63) is 50.4 Å². The van der Waals surface area contributed by atoms with Crippen LogP contribution in [0.25, 0.3) is 6.08 Å². The van der Waals surface area contributed by atoms with Crippen LogP contribution in [-0.2, 0) is 17.8 Å². The second-order valence-corrected chi connectivity index (χ2v) is 6.32. The summed E-state index contributed by atoms with van der Waals surface area (Å²) in [6, 6.07) is 4.06. The van der Waals surface area contributed by atoms with Crippen molar-refractivity contribution in [3.63, 3.8) is 0 Å². The molecule has 2 heterocycles. The molecule has 106 valence electrons. The summed E-state index contributed by atoms with van der Waals surface area (Å²) in [6.45, 7) is 2.03. The quantitative estimate of drug-likeness (QED) is 0.806. The molecule has 0 aromatic carbocycles. The molecule has 20 heavy (non-hydrogen) atoms. The maximum Gasteiger partial charge on any atom is 0.244 e. The summed E-state index contributed by atoms with van der Waals surface area (Å²) >= 11 is 3.18. The number of aliphatic hydroxyl groups is 1. The molecule has 0 aliphatic heterocycles. The highest BCUT2D eigenvalue weighted by Gasteiger charge is 2.06. The van der Waals surface area contributed by atoms with E-state index >= 15 is 0 Å². The second-order valence-electron chi connectivity index (χ2n) is 4.59. The van der Waals surface area contributed by atoms with Crippen LogP contribution in [-0.4, -0.2) is 17.1 Å². The molecule has 2 N–H and O–H groups in total. The molecule has 1 unspecified atom stereocenters. The van der Waals surface area contributed by atoms with Crippen LogP contribution in [0.1, 0.15) is 22.9 Å². The van der Waals surface area contributed by atoms with Crippen LogP contribution in [0.5, 0.6) is 0 Å². The zero-order chi connectivity index (χ0) is 14.4. The van der Waals surface area contributed by atoms with E-state index in [-0.39, 0.29) is 18.6 Å². The molecule has 2 rings (SSSR count). The monoisotopic (exact) mass is 307 g/mol. The minimum atomic E-state index is -0.0910. The van der Waals surface area contributed by atoms with Gasteiger partial charge in [0, 0.05) is 17.0 Å². The molecular formula is C15H17NO2S2. The van der Waals surface area contributed by atoms with Crippen LogP contribution in [0.2, 0.25) is 0 Å². The van der Waals surface area contributed by atoms with E-state index < -0.39 is 0 Å². The van der Waals surface area contributed by atoms with Crippen molar-refractivity contribution in [2.24, 2.45) is 0 Å². The van der Waals surface area contributed by atoms with E-state index in [9.17, 15) is 4.79 Å². The van der Waals surface area contributed by atoms with Gasteiger partial charge in [-0.1, -0.05) is 0 Å². The van der Waals surface area contributed by atoms with Gasteiger partial charge in [-0.05, 0) is 58.8 Å². The van der Waals surface area contributed by atoms with Crippen LogP contribution in [0.4, 0.5) is 0 Å². The second kappa shape index (κ2) is 7.38. The predicted octanol–water partition coefficient (Wildman–Crippen LogP) is 3.06. The number of amides is 1. The first-order chi connectivity index (χ1) is 9.67. The lowest BCUT2D eigenvalue weighted by molar-refractivity contribution is -0.117. The Morgan fingerprint density at radius 1 is 1.45 bits per heavy atom. The van der Waals surface area contributed by atoms with Crippen molar-refractivity contribution in [2.75, 3.05) is 0 Å². The van der Waals surface area contributed by atoms with Crippen molar-refractivity contribution in [1.29, 1.82) is 0 Å². The van der Waals surface area contributed by atoms with Crippen LogP contribution >= 0.6 is 22.7 Å². The SMILES string of the molecule is CC(Cc1ccsc1)NC(=O)/C=C/c1cc(CO)cs1. The Bertz CT molecular complexity index is 572. The average molecular weight is 307 g/mol. The molecule has 0 saturated heterocycles. The summed E-state index contributed by atoms with van der Waals surface area (Å²) in [4.78, 5) is 12.8. The van der Waals surface area contributed by atoms with Gasteiger partial charge in [-0.3, -0.25) is 4.79 Å². The van der Waals surface area contributed by atoms with E-state index in [1.54, 1.807) is 17.4 Å². The fourth-order valence-electron chi connectivity index (χ4n) is 1.83. The molecule has 0 spiro atoms. The van der Waals surface area contributed by atoms with Gasteiger partial charge in [0.05, 0.1) is 6.61 Å².